The van der Waals surface area contributed by atoms with Crippen molar-refractivity contribution in [3.63, 3.8) is 0 Å². The Hall–Kier alpha value is -1.35. The lowest BCUT2D eigenvalue weighted by atomic mass is 10.0. The molecule has 0 heterocycles. The second-order valence-electron chi connectivity index (χ2n) is 3.57. The summed E-state index contributed by atoms with van der Waals surface area (Å²) in [6.45, 7) is 1.57. The van der Waals surface area contributed by atoms with E-state index in [1.54, 1.807) is 14.0 Å². The van der Waals surface area contributed by atoms with Crippen LogP contribution >= 0.6 is 15.9 Å². The van der Waals surface area contributed by atoms with Gasteiger partial charge in [-0.15, -0.1) is 0 Å². The molecule has 0 aliphatic carbocycles. The minimum absolute atomic E-state index is 0.0580. The minimum atomic E-state index is 0.0580. The Morgan fingerprint density at radius 1 is 1.25 bits per heavy atom. The number of hydrogen-bond donors (Lipinski definition) is 0. The summed E-state index contributed by atoms with van der Waals surface area (Å²) < 4.78 is 5.99. The monoisotopic (exact) mass is 278 g/mol. The van der Waals surface area contributed by atoms with Gasteiger partial charge in [0, 0.05) is 10.0 Å². The van der Waals surface area contributed by atoms with Gasteiger partial charge in [-0.2, -0.15) is 0 Å². The third-order valence-corrected chi connectivity index (χ3v) is 3.19. The molecule has 0 aromatic heterocycles. The van der Waals surface area contributed by atoms with Crippen molar-refractivity contribution >= 4 is 32.5 Å². The fraction of sp³-hybridized carbons (Fsp3) is 0.154. The Morgan fingerprint density at radius 3 is 2.62 bits per heavy atom. The molecule has 3 heteroatoms. The Bertz CT molecular complexity index is 561. The molecule has 2 aromatic carbocycles. The summed E-state index contributed by atoms with van der Waals surface area (Å²) in [5.41, 5.74) is 0.722. The van der Waals surface area contributed by atoms with Gasteiger partial charge in [-0.05, 0) is 42.0 Å². The van der Waals surface area contributed by atoms with Crippen LogP contribution in [0.3, 0.4) is 0 Å². The van der Waals surface area contributed by atoms with Crippen molar-refractivity contribution in [3.8, 4) is 5.75 Å². The zero-order chi connectivity index (χ0) is 11.7. The predicted octanol–water partition coefficient (Wildman–Crippen LogP) is 3.81. The molecule has 0 saturated heterocycles. The van der Waals surface area contributed by atoms with E-state index >= 15 is 0 Å². The average Bonchev–Trinajstić information content (AvgIpc) is 2.27. The molecule has 0 radical (unpaired) electrons. The van der Waals surface area contributed by atoms with E-state index in [0.29, 0.717) is 0 Å². The number of carbonyl (C=O) groups is 1. The minimum Gasteiger partial charge on any atom is -0.497 e. The van der Waals surface area contributed by atoms with Gasteiger partial charge in [0.2, 0.25) is 0 Å². The van der Waals surface area contributed by atoms with Crippen LogP contribution in [0.1, 0.15) is 17.3 Å². The van der Waals surface area contributed by atoms with Crippen molar-refractivity contribution in [1.82, 2.24) is 0 Å². The van der Waals surface area contributed by atoms with Gasteiger partial charge >= 0.3 is 0 Å². The highest BCUT2D eigenvalue weighted by Crippen LogP contribution is 2.29. The molecular formula is C13H11BrO2. The highest BCUT2D eigenvalue weighted by molar-refractivity contribution is 9.10. The van der Waals surface area contributed by atoms with E-state index in [9.17, 15) is 4.79 Å². The average molecular weight is 279 g/mol. The van der Waals surface area contributed by atoms with Crippen LogP contribution in [0.25, 0.3) is 10.8 Å². The van der Waals surface area contributed by atoms with Crippen LogP contribution in [0.15, 0.2) is 34.8 Å². The van der Waals surface area contributed by atoms with Crippen LogP contribution in [0.4, 0.5) is 0 Å². The number of ketones is 1. The number of fused-ring (bicyclic) bond motifs is 1. The molecule has 0 spiro atoms. The van der Waals surface area contributed by atoms with E-state index in [-0.39, 0.29) is 5.78 Å². The van der Waals surface area contributed by atoms with E-state index in [0.717, 1.165) is 26.6 Å². The van der Waals surface area contributed by atoms with E-state index in [2.05, 4.69) is 15.9 Å². The Morgan fingerprint density at radius 2 is 2.00 bits per heavy atom. The zero-order valence-electron chi connectivity index (χ0n) is 9.08. The fourth-order valence-electron chi connectivity index (χ4n) is 1.77. The van der Waals surface area contributed by atoms with Gasteiger partial charge in [0.1, 0.15) is 5.75 Å². The van der Waals surface area contributed by atoms with Crippen molar-refractivity contribution in [2.45, 2.75) is 6.92 Å². The van der Waals surface area contributed by atoms with Crippen molar-refractivity contribution < 1.29 is 9.53 Å². The molecule has 0 aliphatic heterocycles. The van der Waals surface area contributed by atoms with E-state index in [4.69, 9.17) is 4.74 Å². The van der Waals surface area contributed by atoms with Crippen LogP contribution in [0.5, 0.6) is 5.75 Å². The zero-order valence-corrected chi connectivity index (χ0v) is 10.7. The molecule has 2 rings (SSSR count). The second-order valence-corrected chi connectivity index (χ2v) is 4.42. The van der Waals surface area contributed by atoms with Crippen LogP contribution in [0, 0.1) is 0 Å². The van der Waals surface area contributed by atoms with Crippen LogP contribution < -0.4 is 4.74 Å². The summed E-state index contributed by atoms with van der Waals surface area (Å²) in [4.78, 5) is 11.6. The maximum atomic E-state index is 11.6. The molecule has 0 N–H and O–H groups in total. The van der Waals surface area contributed by atoms with Crippen LogP contribution in [0.2, 0.25) is 0 Å². The molecule has 16 heavy (non-hydrogen) atoms. The first-order chi connectivity index (χ1) is 7.63. The van der Waals surface area contributed by atoms with Gasteiger partial charge < -0.3 is 4.74 Å². The fourth-order valence-corrected chi connectivity index (χ4v) is 2.39. The summed E-state index contributed by atoms with van der Waals surface area (Å²) in [5, 5.41) is 1.95. The smallest absolute Gasteiger partial charge is 0.161 e. The summed E-state index contributed by atoms with van der Waals surface area (Å²) >= 11 is 3.40. The lowest BCUT2D eigenvalue weighted by Gasteiger charge is -2.07. The van der Waals surface area contributed by atoms with Crippen molar-refractivity contribution in [2.24, 2.45) is 0 Å². The number of carbonyl (C=O) groups excluding carboxylic acids is 1. The van der Waals surface area contributed by atoms with Gasteiger partial charge in [0.25, 0.3) is 0 Å². The van der Waals surface area contributed by atoms with Gasteiger partial charge in [-0.1, -0.05) is 22.0 Å². The molecule has 0 saturated carbocycles. The highest BCUT2D eigenvalue weighted by Gasteiger charge is 2.10. The maximum Gasteiger partial charge on any atom is 0.161 e. The Labute approximate surface area is 102 Å². The number of ether oxygens (including phenoxy) is 1. The molecule has 2 nitrogen and oxygen atoms in total. The third kappa shape index (κ3) is 1.83. The SMILES string of the molecule is COc1ccc2c(C(C)=O)c(Br)ccc2c1. The Balaban J connectivity index is 2.79. The quantitative estimate of drug-likeness (QED) is 0.781. The standard InChI is InChI=1S/C13H11BrO2/c1-8(15)13-11-5-4-10(16-2)7-9(11)3-6-12(13)14/h3-7H,1-2H3. The van der Waals surface area contributed by atoms with Crippen molar-refractivity contribution in [3.05, 3.63) is 40.4 Å². The highest BCUT2D eigenvalue weighted by atomic mass is 79.9. The molecule has 0 atom stereocenters. The lowest BCUT2D eigenvalue weighted by molar-refractivity contribution is 0.101. The number of Topliss-reactive ketones (excluding diaryl/α,β-unsaturated/α-hetero) is 1. The first-order valence-electron chi connectivity index (χ1n) is 4.90. The first-order valence-corrected chi connectivity index (χ1v) is 5.70. The molecule has 0 aliphatic rings. The second kappa shape index (κ2) is 4.26. The van der Waals surface area contributed by atoms with E-state index in [1.807, 2.05) is 30.3 Å². The largest absolute Gasteiger partial charge is 0.497 e. The van der Waals surface area contributed by atoms with Gasteiger partial charge in [0.05, 0.1) is 7.11 Å². The van der Waals surface area contributed by atoms with Crippen LogP contribution in [-0.2, 0) is 0 Å². The number of methoxy groups -OCH3 is 1. The summed E-state index contributed by atoms with van der Waals surface area (Å²) in [7, 11) is 1.63. The van der Waals surface area contributed by atoms with Crippen molar-refractivity contribution in [2.75, 3.05) is 7.11 Å². The molecule has 0 fully saturated rings. The van der Waals surface area contributed by atoms with Crippen LogP contribution in [-0.4, -0.2) is 12.9 Å². The summed E-state index contributed by atoms with van der Waals surface area (Å²) in [5.74, 6) is 0.854. The van der Waals surface area contributed by atoms with Gasteiger partial charge in [-0.25, -0.2) is 0 Å². The molecular weight excluding hydrogens is 268 g/mol. The van der Waals surface area contributed by atoms with Gasteiger partial charge in [-0.3, -0.25) is 4.79 Å². The first kappa shape index (κ1) is 11.1. The van der Waals surface area contributed by atoms with E-state index < -0.39 is 0 Å². The summed E-state index contributed by atoms with van der Waals surface area (Å²) in [6, 6.07) is 9.55. The number of hydrogen-bond acceptors (Lipinski definition) is 2. The lowest BCUT2D eigenvalue weighted by Crippen LogP contribution is -1.95. The van der Waals surface area contributed by atoms with Gasteiger partial charge in [0.15, 0.2) is 5.78 Å². The third-order valence-electron chi connectivity index (χ3n) is 2.53. The predicted molar refractivity (Wildman–Crippen MR) is 68.2 cm³/mol. The summed E-state index contributed by atoms with van der Waals surface area (Å²) in [6.07, 6.45) is 0. The molecule has 0 bridgehead atoms. The van der Waals surface area contributed by atoms with Crippen molar-refractivity contribution in [1.29, 1.82) is 0 Å². The number of benzene rings is 2. The topological polar surface area (TPSA) is 26.3 Å². The molecule has 2 aromatic rings. The molecule has 0 unspecified atom stereocenters. The molecule has 82 valence electrons. The number of rotatable bonds is 2. The maximum absolute atomic E-state index is 11.6. The number of halogens is 1. The molecule has 0 amide bonds. The Kier molecular flexibility index (Phi) is 2.97. The van der Waals surface area contributed by atoms with E-state index in [1.165, 1.54) is 0 Å². The normalized spacial score (nSPS) is 10.4.